The van der Waals surface area contributed by atoms with E-state index in [1.165, 1.54) is 6.42 Å². The van der Waals surface area contributed by atoms with Gasteiger partial charge in [-0.2, -0.15) is 0 Å². The summed E-state index contributed by atoms with van der Waals surface area (Å²) < 4.78 is 23.2. The number of rotatable bonds is 2. The number of sulfone groups is 1. The molecule has 1 amide bonds. The van der Waals surface area contributed by atoms with E-state index in [2.05, 4.69) is 13.8 Å². The maximum absolute atomic E-state index is 12.5. The van der Waals surface area contributed by atoms with Crippen LogP contribution in [0.15, 0.2) is 0 Å². The summed E-state index contributed by atoms with van der Waals surface area (Å²) >= 11 is 0. The standard InChI is InChI=1S/C14H26N2O3S/c1-11-5-4-6-12(2)16(11)14(17)9-15-7-8-20(18,19)10-13(15)3/h11-13H,4-10H2,1-3H3. The third-order valence-corrected chi connectivity index (χ3v) is 6.42. The summed E-state index contributed by atoms with van der Waals surface area (Å²) in [4.78, 5) is 16.5. The first-order chi connectivity index (χ1) is 9.30. The van der Waals surface area contributed by atoms with Gasteiger partial charge in [-0.15, -0.1) is 0 Å². The van der Waals surface area contributed by atoms with Crippen LogP contribution in [0, 0.1) is 0 Å². The van der Waals surface area contributed by atoms with E-state index in [9.17, 15) is 13.2 Å². The molecule has 6 heteroatoms. The van der Waals surface area contributed by atoms with Gasteiger partial charge in [0.25, 0.3) is 0 Å². The molecule has 20 heavy (non-hydrogen) atoms. The van der Waals surface area contributed by atoms with E-state index in [-0.39, 0.29) is 23.5 Å². The van der Waals surface area contributed by atoms with Crippen molar-refractivity contribution in [1.29, 1.82) is 0 Å². The van der Waals surface area contributed by atoms with Crippen LogP contribution in [-0.2, 0) is 14.6 Å². The largest absolute Gasteiger partial charge is 0.336 e. The molecule has 0 aromatic heterocycles. The molecular formula is C14H26N2O3S. The van der Waals surface area contributed by atoms with E-state index >= 15 is 0 Å². The Morgan fingerprint density at radius 2 is 1.70 bits per heavy atom. The molecule has 0 bridgehead atoms. The van der Waals surface area contributed by atoms with Gasteiger partial charge in [-0.25, -0.2) is 8.42 Å². The molecule has 0 aliphatic carbocycles. The Kier molecular flexibility index (Phi) is 4.74. The van der Waals surface area contributed by atoms with Crippen molar-refractivity contribution in [2.75, 3.05) is 24.6 Å². The average molecular weight is 302 g/mol. The molecule has 3 atom stereocenters. The molecule has 2 heterocycles. The van der Waals surface area contributed by atoms with E-state index in [0.29, 0.717) is 25.2 Å². The Balaban J connectivity index is 1.97. The lowest BCUT2D eigenvalue weighted by atomic mass is 9.97. The van der Waals surface area contributed by atoms with Crippen molar-refractivity contribution in [3.05, 3.63) is 0 Å². The molecule has 5 nitrogen and oxygen atoms in total. The van der Waals surface area contributed by atoms with E-state index in [1.54, 1.807) is 0 Å². The first-order valence-corrected chi connectivity index (χ1v) is 9.38. The van der Waals surface area contributed by atoms with Gasteiger partial charge in [-0.1, -0.05) is 0 Å². The highest BCUT2D eigenvalue weighted by Crippen LogP contribution is 2.23. The molecule has 0 spiro atoms. The van der Waals surface area contributed by atoms with Crippen LogP contribution in [0.1, 0.15) is 40.0 Å². The zero-order valence-corrected chi connectivity index (χ0v) is 13.5. The number of nitrogens with zero attached hydrogens (tertiary/aromatic N) is 2. The third-order valence-electron chi connectivity index (χ3n) is 4.63. The zero-order chi connectivity index (χ0) is 14.9. The molecule has 3 unspecified atom stereocenters. The van der Waals surface area contributed by atoms with Crippen LogP contribution in [-0.4, -0.2) is 66.8 Å². The highest BCUT2D eigenvalue weighted by molar-refractivity contribution is 7.91. The van der Waals surface area contributed by atoms with Crippen LogP contribution in [0.25, 0.3) is 0 Å². The van der Waals surface area contributed by atoms with Crippen molar-refractivity contribution >= 4 is 15.7 Å². The number of carbonyl (C=O) groups is 1. The van der Waals surface area contributed by atoms with Crippen LogP contribution < -0.4 is 0 Å². The smallest absolute Gasteiger partial charge is 0.237 e. The van der Waals surface area contributed by atoms with Gasteiger partial charge in [-0.3, -0.25) is 9.69 Å². The zero-order valence-electron chi connectivity index (χ0n) is 12.7. The number of hydrogen-bond acceptors (Lipinski definition) is 4. The van der Waals surface area contributed by atoms with Crippen molar-refractivity contribution in [3.63, 3.8) is 0 Å². The van der Waals surface area contributed by atoms with Crippen LogP contribution in [0.3, 0.4) is 0 Å². The molecule has 0 radical (unpaired) electrons. The summed E-state index contributed by atoms with van der Waals surface area (Å²) in [6.45, 7) is 6.94. The Morgan fingerprint density at radius 1 is 1.10 bits per heavy atom. The SMILES string of the molecule is CC1CS(=O)(=O)CCN1CC(=O)N1C(C)CCCC1C. The van der Waals surface area contributed by atoms with E-state index in [1.807, 2.05) is 16.7 Å². The predicted octanol–water partition coefficient (Wildman–Crippen LogP) is 0.895. The molecule has 0 aromatic rings. The number of carbonyl (C=O) groups excluding carboxylic acids is 1. The molecule has 2 fully saturated rings. The summed E-state index contributed by atoms with van der Waals surface area (Å²) in [5, 5.41) is 0. The Hall–Kier alpha value is -0.620. The van der Waals surface area contributed by atoms with Crippen LogP contribution in [0.2, 0.25) is 0 Å². The molecule has 2 rings (SSSR count). The molecule has 0 saturated carbocycles. The summed E-state index contributed by atoms with van der Waals surface area (Å²) in [7, 11) is -2.91. The highest BCUT2D eigenvalue weighted by atomic mass is 32.2. The number of hydrogen-bond donors (Lipinski definition) is 0. The van der Waals surface area contributed by atoms with Gasteiger partial charge in [0.1, 0.15) is 0 Å². The fourth-order valence-corrected chi connectivity index (χ4v) is 5.06. The van der Waals surface area contributed by atoms with Gasteiger partial charge in [0.15, 0.2) is 9.84 Å². The lowest BCUT2D eigenvalue weighted by molar-refractivity contribution is -0.138. The van der Waals surface area contributed by atoms with E-state index < -0.39 is 9.84 Å². The Labute approximate surface area is 122 Å². The molecule has 2 aliphatic rings. The van der Waals surface area contributed by atoms with Crippen LogP contribution in [0.4, 0.5) is 0 Å². The van der Waals surface area contributed by atoms with Crippen LogP contribution in [0.5, 0.6) is 0 Å². The van der Waals surface area contributed by atoms with Gasteiger partial charge in [0.05, 0.1) is 18.1 Å². The number of amides is 1. The second-order valence-electron chi connectivity index (χ2n) is 6.36. The number of likely N-dealkylation sites (tertiary alicyclic amines) is 1. The summed E-state index contributed by atoms with van der Waals surface area (Å²) in [6, 6.07) is 0.540. The molecule has 0 N–H and O–H groups in total. The molecule has 116 valence electrons. The fraction of sp³-hybridized carbons (Fsp3) is 0.929. The predicted molar refractivity (Wildman–Crippen MR) is 79.3 cm³/mol. The van der Waals surface area contributed by atoms with E-state index in [4.69, 9.17) is 0 Å². The second kappa shape index (κ2) is 6.02. The van der Waals surface area contributed by atoms with Crippen LogP contribution >= 0.6 is 0 Å². The minimum Gasteiger partial charge on any atom is -0.336 e. The highest BCUT2D eigenvalue weighted by Gasteiger charge is 2.33. The number of piperidine rings is 1. The van der Waals surface area contributed by atoms with E-state index in [0.717, 1.165) is 12.8 Å². The normalized spacial score (nSPS) is 35.0. The van der Waals surface area contributed by atoms with Crippen molar-refractivity contribution in [1.82, 2.24) is 9.80 Å². The average Bonchev–Trinajstić information content (AvgIpc) is 2.32. The Morgan fingerprint density at radius 3 is 2.25 bits per heavy atom. The minimum absolute atomic E-state index is 0.0619. The first-order valence-electron chi connectivity index (χ1n) is 7.56. The summed E-state index contributed by atoms with van der Waals surface area (Å²) in [6.07, 6.45) is 3.32. The maximum atomic E-state index is 12.5. The fourth-order valence-electron chi connectivity index (χ4n) is 3.44. The van der Waals surface area contributed by atoms with Gasteiger partial charge in [0.2, 0.25) is 5.91 Å². The van der Waals surface area contributed by atoms with Crippen molar-refractivity contribution in [3.8, 4) is 0 Å². The summed E-state index contributed by atoms with van der Waals surface area (Å²) in [5.74, 6) is 0.497. The topological polar surface area (TPSA) is 57.7 Å². The van der Waals surface area contributed by atoms with Crippen molar-refractivity contribution in [2.45, 2.75) is 58.2 Å². The monoisotopic (exact) mass is 302 g/mol. The summed E-state index contributed by atoms with van der Waals surface area (Å²) in [5.41, 5.74) is 0. The van der Waals surface area contributed by atoms with Crippen molar-refractivity contribution in [2.24, 2.45) is 0 Å². The lowest BCUT2D eigenvalue weighted by Gasteiger charge is -2.41. The maximum Gasteiger partial charge on any atom is 0.237 e. The molecular weight excluding hydrogens is 276 g/mol. The van der Waals surface area contributed by atoms with Crippen molar-refractivity contribution < 1.29 is 13.2 Å². The second-order valence-corrected chi connectivity index (χ2v) is 8.59. The minimum atomic E-state index is -2.91. The van der Waals surface area contributed by atoms with Gasteiger partial charge in [0, 0.05) is 24.7 Å². The first kappa shape index (κ1) is 15.8. The van der Waals surface area contributed by atoms with Gasteiger partial charge >= 0.3 is 0 Å². The molecule has 2 aliphatic heterocycles. The van der Waals surface area contributed by atoms with Gasteiger partial charge < -0.3 is 4.90 Å². The lowest BCUT2D eigenvalue weighted by Crippen LogP contribution is -2.55. The molecule has 0 aromatic carbocycles. The molecule has 2 saturated heterocycles. The quantitative estimate of drug-likeness (QED) is 0.760. The van der Waals surface area contributed by atoms with Gasteiger partial charge in [-0.05, 0) is 40.0 Å². The Bertz CT molecular complexity index is 453. The third kappa shape index (κ3) is 3.52.